The molecular weight excluding hydrogens is 238 g/mol. The lowest BCUT2D eigenvalue weighted by Crippen LogP contribution is -2.17. The Morgan fingerprint density at radius 2 is 2.18 bits per heavy atom. The number of rotatable bonds is 2. The van der Waals surface area contributed by atoms with Gasteiger partial charge in [0, 0.05) is 6.20 Å². The Hall–Kier alpha value is -1.88. The number of nitrogens with one attached hydrogen (secondary N) is 1. The van der Waals surface area contributed by atoms with Crippen LogP contribution in [0.25, 0.3) is 5.69 Å². The number of aryl methyl sites for hydroxylation is 1. The molecule has 0 unspecified atom stereocenters. The number of nitrogen functional groups attached to an aromatic ring is 1. The van der Waals surface area contributed by atoms with Crippen LogP contribution in [0.4, 0.5) is 0 Å². The Morgan fingerprint density at radius 3 is 2.71 bits per heavy atom. The van der Waals surface area contributed by atoms with Gasteiger partial charge in [-0.05, 0) is 26.0 Å². The molecule has 2 aromatic rings. The van der Waals surface area contributed by atoms with Crippen molar-refractivity contribution in [3.63, 3.8) is 0 Å². The molecule has 0 saturated carbocycles. The molecule has 2 heterocycles. The molecule has 0 atom stereocenters. The number of aromatic nitrogens is 3. The molecule has 0 spiro atoms. The number of nitrogens with two attached hydrogens (primary N) is 1. The highest BCUT2D eigenvalue weighted by atomic mass is 35.5. The quantitative estimate of drug-likeness (QED) is 0.629. The van der Waals surface area contributed by atoms with Crippen molar-refractivity contribution < 1.29 is 0 Å². The van der Waals surface area contributed by atoms with Crippen molar-refractivity contribution >= 4 is 17.4 Å². The number of pyridine rings is 1. The lowest BCUT2D eigenvalue weighted by Gasteiger charge is -2.08. The van der Waals surface area contributed by atoms with Gasteiger partial charge in [0.2, 0.25) is 0 Å². The van der Waals surface area contributed by atoms with Crippen molar-refractivity contribution in [3.05, 3.63) is 40.4 Å². The predicted octanol–water partition coefficient (Wildman–Crippen LogP) is 1.82. The summed E-state index contributed by atoms with van der Waals surface area (Å²) in [5.41, 5.74) is 8.09. The fourth-order valence-electron chi connectivity index (χ4n) is 1.63. The summed E-state index contributed by atoms with van der Waals surface area (Å²) in [6.45, 7) is 3.69. The lowest BCUT2D eigenvalue weighted by molar-refractivity contribution is 0.825. The molecule has 0 aliphatic carbocycles. The normalized spacial score (nSPS) is 10.5. The number of halogens is 1. The van der Waals surface area contributed by atoms with E-state index in [2.05, 4.69) is 10.1 Å². The summed E-state index contributed by atoms with van der Waals surface area (Å²) in [4.78, 5) is 4.08. The molecule has 0 aromatic carbocycles. The maximum atomic E-state index is 7.50. The van der Waals surface area contributed by atoms with Crippen LogP contribution in [0.1, 0.15) is 17.1 Å². The smallest absolute Gasteiger partial charge is 0.144 e. The fraction of sp³-hybridized carbons (Fsp3) is 0.182. The third kappa shape index (κ3) is 1.89. The van der Waals surface area contributed by atoms with Crippen molar-refractivity contribution in [2.75, 3.05) is 0 Å². The van der Waals surface area contributed by atoms with Gasteiger partial charge in [-0.25, -0.2) is 4.68 Å². The molecule has 0 fully saturated rings. The van der Waals surface area contributed by atoms with Crippen molar-refractivity contribution in [2.45, 2.75) is 13.8 Å². The van der Waals surface area contributed by atoms with E-state index in [0.29, 0.717) is 16.4 Å². The predicted molar refractivity (Wildman–Crippen MR) is 66.9 cm³/mol. The maximum absolute atomic E-state index is 7.50. The third-order valence-electron chi connectivity index (χ3n) is 2.47. The van der Waals surface area contributed by atoms with Crippen LogP contribution in [0.2, 0.25) is 5.02 Å². The monoisotopic (exact) mass is 249 g/mol. The molecule has 0 aliphatic heterocycles. The summed E-state index contributed by atoms with van der Waals surface area (Å²) in [5, 5.41) is 12.4. The lowest BCUT2D eigenvalue weighted by atomic mass is 10.2. The summed E-state index contributed by atoms with van der Waals surface area (Å²) in [6, 6.07) is 3.58. The van der Waals surface area contributed by atoms with E-state index in [0.717, 1.165) is 11.4 Å². The number of hydrogen-bond acceptors (Lipinski definition) is 3. The van der Waals surface area contributed by atoms with Gasteiger partial charge in [0.1, 0.15) is 11.5 Å². The zero-order valence-electron chi connectivity index (χ0n) is 9.53. The molecule has 0 radical (unpaired) electrons. The minimum absolute atomic E-state index is 0.0933. The van der Waals surface area contributed by atoms with Crippen LogP contribution in [0.3, 0.4) is 0 Å². The van der Waals surface area contributed by atoms with Crippen LogP contribution in [-0.4, -0.2) is 20.6 Å². The van der Waals surface area contributed by atoms with Crippen LogP contribution in [0.5, 0.6) is 0 Å². The first kappa shape index (κ1) is 11.6. The van der Waals surface area contributed by atoms with E-state index in [-0.39, 0.29) is 5.84 Å². The fourth-order valence-corrected chi connectivity index (χ4v) is 1.75. The molecule has 5 nitrogen and oxygen atoms in total. The molecule has 88 valence electrons. The van der Waals surface area contributed by atoms with Crippen LogP contribution in [-0.2, 0) is 0 Å². The van der Waals surface area contributed by atoms with Gasteiger partial charge in [0.15, 0.2) is 0 Å². The van der Waals surface area contributed by atoms with Crippen molar-refractivity contribution in [1.82, 2.24) is 14.8 Å². The highest BCUT2D eigenvalue weighted by Crippen LogP contribution is 2.23. The summed E-state index contributed by atoms with van der Waals surface area (Å²) in [6.07, 6.45) is 1.59. The Kier molecular flexibility index (Phi) is 2.85. The second-order valence-electron chi connectivity index (χ2n) is 3.68. The van der Waals surface area contributed by atoms with Gasteiger partial charge >= 0.3 is 0 Å². The average molecular weight is 250 g/mol. The van der Waals surface area contributed by atoms with E-state index in [1.807, 2.05) is 13.8 Å². The molecule has 6 heteroatoms. The maximum Gasteiger partial charge on any atom is 0.144 e. The minimum atomic E-state index is -0.0933. The molecule has 0 aliphatic rings. The summed E-state index contributed by atoms with van der Waals surface area (Å²) < 4.78 is 1.65. The van der Waals surface area contributed by atoms with Crippen LogP contribution < -0.4 is 5.73 Å². The van der Waals surface area contributed by atoms with Gasteiger partial charge < -0.3 is 5.73 Å². The first-order valence-electron chi connectivity index (χ1n) is 5.04. The second-order valence-corrected chi connectivity index (χ2v) is 4.06. The highest BCUT2D eigenvalue weighted by molar-refractivity contribution is 6.31. The number of amidine groups is 1. The third-order valence-corrected chi connectivity index (χ3v) is 3.02. The molecular formula is C11H12ClN5. The van der Waals surface area contributed by atoms with Gasteiger partial charge in [-0.3, -0.25) is 10.4 Å². The van der Waals surface area contributed by atoms with Crippen molar-refractivity contribution in [1.29, 1.82) is 5.41 Å². The first-order valence-corrected chi connectivity index (χ1v) is 5.41. The summed E-state index contributed by atoms with van der Waals surface area (Å²) in [5.74, 6) is -0.0933. The minimum Gasteiger partial charge on any atom is -0.382 e. The van der Waals surface area contributed by atoms with Gasteiger partial charge in [-0.1, -0.05) is 11.6 Å². The Labute approximate surface area is 104 Å². The van der Waals surface area contributed by atoms with E-state index in [9.17, 15) is 0 Å². The zero-order valence-corrected chi connectivity index (χ0v) is 10.3. The summed E-state index contributed by atoms with van der Waals surface area (Å²) in [7, 11) is 0. The van der Waals surface area contributed by atoms with E-state index < -0.39 is 0 Å². The van der Waals surface area contributed by atoms with Crippen molar-refractivity contribution in [3.8, 4) is 5.69 Å². The largest absolute Gasteiger partial charge is 0.382 e. The highest BCUT2D eigenvalue weighted by Gasteiger charge is 2.15. The Bertz CT molecular complexity index is 588. The van der Waals surface area contributed by atoms with Crippen molar-refractivity contribution in [2.24, 2.45) is 5.73 Å². The number of nitrogens with zero attached hydrogens (tertiary/aromatic N) is 3. The molecule has 3 N–H and O–H groups in total. The van der Waals surface area contributed by atoms with E-state index in [4.69, 9.17) is 22.7 Å². The van der Waals surface area contributed by atoms with Gasteiger partial charge in [0.25, 0.3) is 0 Å². The molecule has 17 heavy (non-hydrogen) atoms. The molecule has 0 saturated heterocycles. The summed E-state index contributed by atoms with van der Waals surface area (Å²) >= 11 is 6.09. The van der Waals surface area contributed by atoms with E-state index in [1.165, 1.54) is 0 Å². The van der Waals surface area contributed by atoms with Crippen LogP contribution in [0.15, 0.2) is 18.3 Å². The number of hydrogen-bond donors (Lipinski definition) is 2. The van der Waals surface area contributed by atoms with E-state index >= 15 is 0 Å². The van der Waals surface area contributed by atoms with Gasteiger partial charge in [-0.2, -0.15) is 5.10 Å². The Balaban J connectivity index is 2.68. The standard InChI is InChI=1S/C11H12ClN5/c1-6-9(12)7(2)17(16-6)8-4-3-5-15-10(8)11(13)14/h3-5H,1-2H3,(H3,13,14). The van der Waals surface area contributed by atoms with Crippen LogP contribution >= 0.6 is 11.6 Å². The van der Waals surface area contributed by atoms with Gasteiger partial charge in [0.05, 0.1) is 22.1 Å². The molecule has 0 amide bonds. The second kappa shape index (κ2) is 4.18. The van der Waals surface area contributed by atoms with Gasteiger partial charge in [-0.15, -0.1) is 0 Å². The Morgan fingerprint density at radius 1 is 1.47 bits per heavy atom. The topological polar surface area (TPSA) is 80.6 Å². The first-order chi connectivity index (χ1) is 8.02. The van der Waals surface area contributed by atoms with Crippen LogP contribution in [0, 0.1) is 19.3 Å². The zero-order chi connectivity index (χ0) is 12.6. The molecule has 2 aromatic heterocycles. The average Bonchev–Trinajstić information content (AvgIpc) is 2.57. The SMILES string of the molecule is Cc1nn(-c2cccnc2C(=N)N)c(C)c1Cl. The molecule has 2 rings (SSSR count). The molecule has 0 bridgehead atoms. The van der Waals surface area contributed by atoms with E-state index in [1.54, 1.807) is 23.0 Å².